The van der Waals surface area contributed by atoms with E-state index >= 15 is 0 Å². The van der Waals surface area contributed by atoms with E-state index < -0.39 is 0 Å². The molecule has 0 atom stereocenters. The maximum atomic E-state index is 11.6. The van der Waals surface area contributed by atoms with Gasteiger partial charge < -0.3 is 4.90 Å². The van der Waals surface area contributed by atoms with Crippen LogP contribution in [-0.4, -0.2) is 23.4 Å². The van der Waals surface area contributed by atoms with Crippen molar-refractivity contribution in [2.45, 2.75) is 46.6 Å². The van der Waals surface area contributed by atoms with Gasteiger partial charge in [0.1, 0.15) is 0 Å². The fourth-order valence-electron chi connectivity index (χ4n) is 1.66. The molecule has 82 valence electrons. The first-order valence-corrected chi connectivity index (χ1v) is 5.49. The normalized spacial score (nSPS) is 10.7. The Hall–Kier alpha value is -0.790. The molecule has 0 aliphatic rings. The van der Waals surface area contributed by atoms with E-state index in [0.717, 1.165) is 19.4 Å². The lowest BCUT2D eigenvalue weighted by atomic mass is 10.1. The fourth-order valence-corrected chi connectivity index (χ4v) is 1.66. The van der Waals surface area contributed by atoms with Crippen LogP contribution in [-0.2, 0) is 4.79 Å². The van der Waals surface area contributed by atoms with Crippen LogP contribution in [0.25, 0.3) is 0 Å². The molecular weight excluding hydrogens is 174 g/mol. The van der Waals surface area contributed by atoms with Gasteiger partial charge in [-0.15, -0.1) is 0 Å². The van der Waals surface area contributed by atoms with Gasteiger partial charge in [-0.2, -0.15) is 0 Å². The summed E-state index contributed by atoms with van der Waals surface area (Å²) in [5, 5.41) is 0. The average molecular weight is 197 g/mol. The van der Waals surface area contributed by atoms with Crippen molar-refractivity contribution >= 4 is 5.91 Å². The molecule has 0 heterocycles. The highest BCUT2D eigenvalue weighted by molar-refractivity contribution is 5.87. The maximum Gasteiger partial charge on any atom is 0.246 e. The highest BCUT2D eigenvalue weighted by Gasteiger charge is 2.19. The molecule has 2 nitrogen and oxygen atoms in total. The molecule has 0 N–H and O–H groups in total. The zero-order valence-corrected chi connectivity index (χ0v) is 9.92. The van der Waals surface area contributed by atoms with Crippen LogP contribution < -0.4 is 0 Å². The molecule has 0 radical (unpaired) electrons. The zero-order valence-electron chi connectivity index (χ0n) is 9.92. The Morgan fingerprint density at radius 2 is 1.86 bits per heavy atom. The van der Waals surface area contributed by atoms with Gasteiger partial charge in [-0.25, -0.2) is 0 Å². The lowest BCUT2D eigenvalue weighted by Crippen LogP contribution is -2.41. The summed E-state index contributed by atoms with van der Waals surface area (Å²) in [6.07, 6.45) is 3.45. The summed E-state index contributed by atoms with van der Waals surface area (Å²) in [6.45, 7) is 12.9. The van der Waals surface area contributed by atoms with Gasteiger partial charge in [0.25, 0.3) is 0 Å². The Kier molecular flexibility index (Phi) is 6.26. The summed E-state index contributed by atoms with van der Waals surface area (Å²) in [4.78, 5) is 13.6. The minimum atomic E-state index is 0.0624. The molecule has 0 aliphatic carbocycles. The van der Waals surface area contributed by atoms with Crippen molar-refractivity contribution in [3.8, 4) is 0 Å². The molecule has 0 aromatic rings. The lowest BCUT2D eigenvalue weighted by molar-refractivity contribution is -0.129. The Bertz CT molecular complexity index is 183. The van der Waals surface area contributed by atoms with Crippen LogP contribution in [0.1, 0.15) is 40.5 Å². The van der Waals surface area contributed by atoms with Gasteiger partial charge in [0, 0.05) is 12.6 Å². The first-order chi connectivity index (χ1) is 6.56. The minimum absolute atomic E-state index is 0.0624. The summed E-state index contributed by atoms with van der Waals surface area (Å²) >= 11 is 0. The minimum Gasteiger partial charge on any atom is -0.336 e. The van der Waals surface area contributed by atoms with Crippen molar-refractivity contribution in [1.29, 1.82) is 0 Å². The number of nitrogens with zero attached hydrogens (tertiary/aromatic N) is 1. The van der Waals surface area contributed by atoms with E-state index in [2.05, 4.69) is 34.3 Å². The lowest BCUT2D eigenvalue weighted by Gasteiger charge is -2.31. The number of hydrogen-bond acceptors (Lipinski definition) is 1. The third-order valence-electron chi connectivity index (χ3n) is 2.40. The smallest absolute Gasteiger partial charge is 0.246 e. The second-order valence-corrected chi connectivity index (χ2v) is 4.06. The van der Waals surface area contributed by atoms with E-state index in [9.17, 15) is 4.79 Å². The molecular formula is C12H23NO. The number of hydrogen-bond donors (Lipinski definition) is 0. The standard InChI is InChI=1S/C12H23NO/c1-6-11(7-2)13(9-10(4)5)12(14)8-3/h8,10-11H,3,6-7,9H2,1-2,4-5H3. The number of amides is 1. The summed E-state index contributed by atoms with van der Waals surface area (Å²) in [7, 11) is 0. The van der Waals surface area contributed by atoms with Crippen molar-refractivity contribution in [3.05, 3.63) is 12.7 Å². The highest BCUT2D eigenvalue weighted by atomic mass is 16.2. The Balaban J connectivity index is 4.51. The molecule has 0 bridgehead atoms. The molecule has 0 fully saturated rings. The predicted molar refractivity (Wildman–Crippen MR) is 61.1 cm³/mol. The van der Waals surface area contributed by atoms with Crippen molar-refractivity contribution in [1.82, 2.24) is 4.90 Å². The van der Waals surface area contributed by atoms with Crippen molar-refractivity contribution in [2.24, 2.45) is 5.92 Å². The van der Waals surface area contributed by atoms with Gasteiger partial charge in [-0.05, 0) is 24.8 Å². The topological polar surface area (TPSA) is 20.3 Å². The van der Waals surface area contributed by atoms with Crippen LogP contribution in [0.15, 0.2) is 12.7 Å². The van der Waals surface area contributed by atoms with Crippen molar-refractivity contribution < 1.29 is 4.79 Å². The molecule has 0 unspecified atom stereocenters. The Labute approximate surface area is 88.0 Å². The van der Waals surface area contributed by atoms with Gasteiger partial charge in [0.05, 0.1) is 0 Å². The van der Waals surface area contributed by atoms with Crippen LogP contribution in [0.2, 0.25) is 0 Å². The molecule has 0 spiro atoms. The van der Waals surface area contributed by atoms with Gasteiger partial charge in [-0.1, -0.05) is 34.3 Å². The van der Waals surface area contributed by atoms with Crippen LogP contribution >= 0.6 is 0 Å². The molecule has 0 aromatic heterocycles. The molecule has 0 saturated carbocycles. The first kappa shape index (κ1) is 13.2. The zero-order chi connectivity index (χ0) is 11.1. The van der Waals surface area contributed by atoms with E-state index in [-0.39, 0.29) is 5.91 Å². The van der Waals surface area contributed by atoms with E-state index in [1.807, 2.05) is 4.90 Å². The average Bonchev–Trinajstić information content (AvgIpc) is 2.16. The van der Waals surface area contributed by atoms with Crippen LogP contribution in [0, 0.1) is 5.92 Å². The summed E-state index contributed by atoms with van der Waals surface area (Å²) in [5.41, 5.74) is 0. The molecule has 0 saturated heterocycles. The predicted octanol–water partition coefficient (Wildman–Crippen LogP) is 2.85. The Morgan fingerprint density at radius 1 is 1.36 bits per heavy atom. The summed E-state index contributed by atoms with van der Waals surface area (Å²) in [6, 6.07) is 0.364. The van der Waals surface area contributed by atoms with Crippen molar-refractivity contribution in [3.63, 3.8) is 0 Å². The number of carbonyl (C=O) groups excluding carboxylic acids is 1. The van der Waals surface area contributed by atoms with Gasteiger partial charge in [0.2, 0.25) is 5.91 Å². The van der Waals surface area contributed by atoms with E-state index in [0.29, 0.717) is 12.0 Å². The van der Waals surface area contributed by atoms with E-state index in [4.69, 9.17) is 0 Å². The second-order valence-electron chi connectivity index (χ2n) is 4.06. The number of rotatable bonds is 6. The molecule has 14 heavy (non-hydrogen) atoms. The number of carbonyl (C=O) groups is 1. The maximum absolute atomic E-state index is 11.6. The quantitative estimate of drug-likeness (QED) is 0.600. The summed E-state index contributed by atoms with van der Waals surface area (Å²) < 4.78 is 0. The van der Waals surface area contributed by atoms with Crippen LogP contribution in [0.3, 0.4) is 0 Å². The monoisotopic (exact) mass is 197 g/mol. The van der Waals surface area contributed by atoms with E-state index in [1.54, 1.807) is 0 Å². The molecule has 0 rings (SSSR count). The molecule has 1 amide bonds. The molecule has 0 aromatic carbocycles. The van der Waals surface area contributed by atoms with Crippen LogP contribution in [0.4, 0.5) is 0 Å². The second kappa shape index (κ2) is 6.63. The molecule has 2 heteroatoms. The largest absolute Gasteiger partial charge is 0.336 e. The van der Waals surface area contributed by atoms with Crippen molar-refractivity contribution in [2.75, 3.05) is 6.54 Å². The highest BCUT2D eigenvalue weighted by Crippen LogP contribution is 2.11. The first-order valence-electron chi connectivity index (χ1n) is 5.49. The van der Waals surface area contributed by atoms with Gasteiger partial charge in [0.15, 0.2) is 0 Å². The third-order valence-corrected chi connectivity index (χ3v) is 2.40. The van der Waals surface area contributed by atoms with Gasteiger partial charge >= 0.3 is 0 Å². The SMILES string of the molecule is C=CC(=O)N(CC(C)C)C(CC)CC. The molecule has 0 aliphatic heterocycles. The van der Waals surface area contributed by atoms with Crippen LogP contribution in [0.5, 0.6) is 0 Å². The van der Waals surface area contributed by atoms with Gasteiger partial charge in [-0.3, -0.25) is 4.79 Å². The van der Waals surface area contributed by atoms with E-state index in [1.165, 1.54) is 6.08 Å². The Morgan fingerprint density at radius 3 is 2.14 bits per heavy atom. The summed E-state index contributed by atoms with van der Waals surface area (Å²) in [5.74, 6) is 0.576. The fraction of sp³-hybridized carbons (Fsp3) is 0.750. The third kappa shape index (κ3) is 3.95.